The highest BCUT2D eigenvalue weighted by atomic mass is 16.4. The molecule has 4 atom stereocenters. The third-order valence-corrected chi connectivity index (χ3v) is 4.60. The molecule has 1 N–H and O–H groups in total. The number of hydrogen-bond acceptors (Lipinski definition) is 2. The molecule has 1 aliphatic heterocycles. The van der Waals surface area contributed by atoms with Crippen LogP contribution in [-0.4, -0.2) is 34.0 Å². The zero-order chi connectivity index (χ0) is 13.3. The number of carbonyl (C=O) groups is 2. The van der Waals surface area contributed by atoms with Gasteiger partial charge in [0.2, 0.25) is 5.91 Å². The summed E-state index contributed by atoms with van der Waals surface area (Å²) in [5, 5.41) is 9.19. The van der Waals surface area contributed by atoms with Gasteiger partial charge in [0, 0.05) is 12.1 Å². The lowest BCUT2D eigenvalue weighted by Gasteiger charge is -2.41. The fourth-order valence-electron chi connectivity index (χ4n) is 3.60. The Bertz CT molecular complexity index is 332. The van der Waals surface area contributed by atoms with E-state index in [1.807, 2.05) is 4.90 Å². The van der Waals surface area contributed by atoms with Crippen molar-refractivity contribution in [3.8, 4) is 0 Å². The second kappa shape index (κ2) is 5.29. The van der Waals surface area contributed by atoms with Crippen LogP contribution in [0.5, 0.6) is 0 Å². The first kappa shape index (κ1) is 13.4. The third kappa shape index (κ3) is 2.38. The predicted octanol–water partition coefficient (Wildman–Crippen LogP) is 2.28. The van der Waals surface area contributed by atoms with Crippen molar-refractivity contribution in [3.63, 3.8) is 0 Å². The van der Waals surface area contributed by atoms with E-state index < -0.39 is 11.9 Å². The quantitative estimate of drug-likeness (QED) is 0.821. The number of carboxylic acid groups (broad SMARTS) is 1. The second-order valence-corrected chi connectivity index (χ2v) is 5.86. The maximum Gasteiger partial charge on any atom is 0.307 e. The molecule has 2 fully saturated rings. The molecular weight excluding hydrogens is 230 g/mol. The largest absolute Gasteiger partial charge is 0.481 e. The Hall–Kier alpha value is -1.06. The van der Waals surface area contributed by atoms with Crippen molar-refractivity contribution in [1.29, 1.82) is 0 Å². The van der Waals surface area contributed by atoms with Crippen LogP contribution in [0.25, 0.3) is 0 Å². The predicted molar refractivity (Wildman–Crippen MR) is 68.1 cm³/mol. The van der Waals surface area contributed by atoms with Crippen LogP contribution in [0.4, 0.5) is 0 Å². The normalized spacial score (nSPS) is 36.7. The summed E-state index contributed by atoms with van der Waals surface area (Å²) in [6, 6.07) is 0.521. The molecule has 2 aliphatic rings. The number of hydrogen-bond donors (Lipinski definition) is 1. The molecule has 0 spiro atoms. The number of piperidine rings is 1. The lowest BCUT2D eigenvalue weighted by molar-refractivity contribution is -0.152. The molecule has 0 aromatic carbocycles. The van der Waals surface area contributed by atoms with Gasteiger partial charge in [0.25, 0.3) is 0 Å². The Labute approximate surface area is 108 Å². The Morgan fingerprint density at radius 1 is 0.944 bits per heavy atom. The Morgan fingerprint density at radius 2 is 1.44 bits per heavy atom. The molecule has 2 unspecified atom stereocenters. The van der Waals surface area contributed by atoms with Gasteiger partial charge in [-0.2, -0.15) is 0 Å². The SMILES string of the molecule is C[C@@H]1CCC[C@H](C)N1C(=O)C1CCCC1C(=O)O. The topological polar surface area (TPSA) is 57.6 Å². The second-order valence-electron chi connectivity index (χ2n) is 5.86. The summed E-state index contributed by atoms with van der Waals surface area (Å²) >= 11 is 0. The van der Waals surface area contributed by atoms with Crippen molar-refractivity contribution in [2.75, 3.05) is 0 Å². The Balaban J connectivity index is 2.12. The number of nitrogens with zero attached hydrogens (tertiary/aromatic N) is 1. The average Bonchev–Trinajstić information content (AvgIpc) is 2.77. The molecule has 0 bridgehead atoms. The van der Waals surface area contributed by atoms with Crippen molar-refractivity contribution in [2.45, 2.75) is 64.5 Å². The van der Waals surface area contributed by atoms with Crippen LogP contribution in [0.2, 0.25) is 0 Å². The zero-order valence-corrected chi connectivity index (χ0v) is 11.3. The van der Waals surface area contributed by atoms with E-state index in [1.54, 1.807) is 0 Å². The monoisotopic (exact) mass is 253 g/mol. The highest BCUT2D eigenvalue weighted by molar-refractivity contribution is 5.85. The first-order valence-corrected chi connectivity index (χ1v) is 7.07. The summed E-state index contributed by atoms with van der Waals surface area (Å²) in [6.07, 6.45) is 5.51. The van der Waals surface area contributed by atoms with Crippen LogP contribution in [0.15, 0.2) is 0 Å². The third-order valence-electron chi connectivity index (χ3n) is 4.60. The van der Waals surface area contributed by atoms with Gasteiger partial charge in [-0.05, 0) is 46.0 Å². The number of amides is 1. The average molecular weight is 253 g/mol. The molecule has 1 saturated heterocycles. The highest BCUT2D eigenvalue weighted by Crippen LogP contribution is 2.35. The standard InChI is InChI=1S/C14H23NO3/c1-9-5-3-6-10(2)15(9)13(16)11-7-4-8-12(11)14(17)18/h9-12H,3-8H2,1-2H3,(H,17,18)/t9-,10+,11?,12?. The van der Waals surface area contributed by atoms with E-state index in [1.165, 1.54) is 6.42 Å². The molecule has 1 heterocycles. The van der Waals surface area contributed by atoms with E-state index in [9.17, 15) is 14.7 Å². The lowest BCUT2D eigenvalue weighted by atomic mass is 9.90. The lowest BCUT2D eigenvalue weighted by Crippen LogP contribution is -2.50. The summed E-state index contributed by atoms with van der Waals surface area (Å²) in [4.78, 5) is 25.7. The molecular formula is C14H23NO3. The zero-order valence-electron chi connectivity index (χ0n) is 11.3. The minimum Gasteiger partial charge on any atom is -0.481 e. The fourth-order valence-corrected chi connectivity index (χ4v) is 3.60. The molecule has 0 radical (unpaired) electrons. The van der Waals surface area contributed by atoms with Gasteiger partial charge in [0.1, 0.15) is 0 Å². The van der Waals surface area contributed by atoms with E-state index in [4.69, 9.17) is 0 Å². The van der Waals surface area contributed by atoms with E-state index >= 15 is 0 Å². The van der Waals surface area contributed by atoms with Gasteiger partial charge in [0.15, 0.2) is 0 Å². The van der Waals surface area contributed by atoms with Crippen LogP contribution in [0, 0.1) is 11.8 Å². The molecule has 1 saturated carbocycles. The minimum atomic E-state index is -0.803. The number of carboxylic acids is 1. The highest BCUT2D eigenvalue weighted by Gasteiger charge is 2.42. The number of rotatable bonds is 2. The summed E-state index contributed by atoms with van der Waals surface area (Å²) in [6.45, 7) is 4.16. The van der Waals surface area contributed by atoms with Gasteiger partial charge in [-0.3, -0.25) is 9.59 Å². The van der Waals surface area contributed by atoms with Gasteiger partial charge in [0.05, 0.1) is 11.8 Å². The summed E-state index contributed by atoms with van der Waals surface area (Å²) in [5.74, 6) is -1.47. The Morgan fingerprint density at radius 3 is 2.00 bits per heavy atom. The molecule has 0 aromatic heterocycles. The van der Waals surface area contributed by atoms with Crippen LogP contribution in [0.1, 0.15) is 52.4 Å². The molecule has 1 aliphatic carbocycles. The van der Waals surface area contributed by atoms with E-state index in [2.05, 4.69) is 13.8 Å². The first-order valence-electron chi connectivity index (χ1n) is 7.07. The van der Waals surface area contributed by atoms with Gasteiger partial charge >= 0.3 is 5.97 Å². The van der Waals surface area contributed by atoms with Crippen LogP contribution >= 0.6 is 0 Å². The van der Waals surface area contributed by atoms with Crippen molar-refractivity contribution in [1.82, 2.24) is 4.90 Å². The molecule has 0 aromatic rings. The fraction of sp³-hybridized carbons (Fsp3) is 0.857. The van der Waals surface area contributed by atoms with Crippen molar-refractivity contribution in [2.24, 2.45) is 11.8 Å². The van der Waals surface area contributed by atoms with Gasteiger partial charge in [-0.25, -0.2) is 0 Å². The number of aliphatic carboxylic acids is 1. The number of carbonyl (C=O) groups excluding carboxylic acids is 1. The molecule has 2 rings (SSSR count). The van der Waals surface area contributed by atoms with Gasteiger partial charge in [-0.1, -0.05) is 6.42 Å². The van der Waals surface area contributed by atoms with Gasteiger partial charge < -0.3 is 10.0 Å². The summed E-state index contributed by atoms with van der Waals surface area (Å²) in [7, 11) is 0. The smallest absolute Gasteiger partial charge is 0.307 e. The Kier molecular flexibility index (Phi) is 3.93. The molecule has 4 heteroatoms. The molecule has 4 nitrogen and oxygen atoms in total. The number of likely N-dealkylation sites (tertiary alicyclic amines) is 1. The van der Waals surface area contributed by atoms with Crippen LogP contribution in [-0.2, 0) is 9.59 Å². The molecule has 102 valence electrons. The molecule has 1 amide bonds. The van der Waals surface area contributed by atoms with E-state index in [0.717, 1.165) is 25.7 Å². The minimum absolute atomic E-state index is 0.0830. The molecule has 18 heavy (non-hydrogen) atoms. The first-order chi connectivity index (χ1) is 8.52. The van der Waals surface area contributed by atoms with Gasteiger partial charge in [-0.15, -0.1) is 0 Å². The summed E-state index contributed by atoms with van der Waals surface area (Å²) < 4.78 is 0. The van der Waals surface area contributed by atoms with Crippen LogP contribution in [0.3, 0.4) is 0 Å². The van der Waals surface area contributed by atoms with Crippen molar-refractivity contribution < 1.29 is 14.7 Å². The van der Waals surface area contributed by atoms with Crippen molar-refractivity contribution in [3.05, 3.63) is 0 Å². The summed E-state index contributed by atoms with van der Waals surface area (Å²) in [5.41, 5.74) is 0. The van der Waals surface area contributed by atoms with E-state index in [-0.39, 0.29) is 23.9 Å². The van der Waals surface area contributed by atoms with Crippen LogP contribution < -0.4 is 0 Å². The maximum atomic E-state index is 12.6. The van der Waals surface area contributed by atoms with Crippen molar-refractivity contribution >= 4 is 11.9 Å². The maximum absolute atomic E-state index is 12.6. The van der Waals surface area contributed by atoms with E-state index in [0.29, 0.717) is 6.42 Å².